The Morgan fingerprint density at radius 2 is 1.67 bits per heavy atom. The summed E-state index contributed by atoms with van der Waals surface area (Å²) in [5.74, 6) is 0. The lowest BCUT2D eigenvalue weighted by molar-refractivity contribution is -0.0660. The topological polar surface area (TPSA) is 34.2 Å². The van der Waals surface area contributed by atoms with Crippen molar-refractivity contribution >= 4 is 18.3 Å². The van der Waals surface area contributed by atoms with Crippen molar-refractivity contribution in [2.24, 2.45) is 0 Å². The number of nitrogens with zero attached hydrogens (tertiary/aromatic N) is 2. The molecule has 1 unspecified atom stereocenters. The van der Waals surface area contributed by atoms with Gasteiger partial charge in [-0.3, -0.25) is 4.90 Å². The number of anilines is 1. The van der Waals surface area contributed by atoms with E-state index in [9.17, 15) is 0 Å². The van der Waals surface area contributed by atoms with Crippen molar-refractivity contribution in [2.45, 2.75) is 57.8 Å². The summed E-state index contributed by atoms with van der Waals surface area (Å²) >= 11 is 0. The lowest BCUT2D eigenvalue weighted by Gasteiger charge is -2.43. The van der Waals surface area contributed by atoms with Gasteiger partial charge in [-0.15, -0.1) is 0 Å². The first kappa shape index (κ1) is 19.3. The van der Waals surface area contributed by atoms with Crippen LogP contribution in [0.15, 0.2) is 24.3 Å². The Kier molecular flexibility index (Phi) is 5.27. The summed E-state index contributed by atoms with van der Waals surface area (Å²) in [6, 6.07) is 9.41. The first-order valence-electron chi connectivity index (χ1n) is 10.4. The highest BCUT2D eigenvalue weighted by molar-refractivity contribution is 6.62. The van der Waals surface area contributed by atoms with Gasteiger partial charge in [0.25, 0.3) is 0 Å². The number of hydrogen-bond donors (Lipinski definition) is 0. The molecule has 1 aromatic carbocycles. The second-order valence-electron chi connectivity index (χ2n) is 8.86. The van der Waals surface area contributed by atoms with Crippen LogP contribution in [0.3, 0.4) is 0 Å². The Morgan fingerprint density at radius 3 is 2.22 bits per heavy atom. The number of piperazine rings is 1. The van der Waals surface area contributed by atoms with Crippen molar-refractivity contribution in [1.82, 2.24) is 4.90 Å². The minimum absolute atomic E-state index is 0.243. The second-order valence-corrected chi connectivity index (χ2v) is 8.86. The fourth-order valence-electron chi connectivity index (χ4n) is 4.39. The van der Waals surface area contributed by atoms with E-state index >= 15 is 0 Å². The van der Waals surface area contributed by atoms with Gasteiger partial charge in [0.15, 0.2) is 0 Å². The largest absolute Gasteiger partial charge is 0.494 e. The molecule has 0 N–H and O–H groups in total. The average Bonchev–Trinajstić information content (AvgIpc) is 2.84. The van der Waals surface area contributed by atoms with Gasteiger partial charge in [-0.1, -0.05) is 25.5 Å². The van der Waals surface area contributed by atoms with Crippen molar-refractivity contribution in [2.75, 3.05) is 44.3 Å². The molecule has 0 amide bonds. The highest BCUT2D eigenvalue weighted by Crippen LogP contribution is 2.40. The van der Waals surface area contributed by atoms with E-state index in [-0.39, 0.29) is 18.3 Å². The highest BCUT2D eigenvalue weighted by Gasteiger charge is 2.53. The van der Waals surface area contributed by atoms with Crippen LogP contribution in [0.2, 0.25) is 0 Å². The fraction of sp³-hybridized carbons (Fsp3) is 0.714. The van der Waals surface area contributed by atoms with Gasteiger partial charge in [-0.2, -0.15) is 0 Å². The fourth-order valence-corrected chi connectivity index (χ4v) is 4.39. The zero-order chi connectivity index (χ0) is 19.1. The lowest BCUT2D eigenvalue weighted by atomic mass is 9.79. The molecule has 0 aliphatic carbocycles. The van der Waals surface area contributed by atoms with Gasteiger partial charge in [-0.25, -0.2) is 0 Å². The van der Waals surface area contributed by atoms with E-state index in [2.05, 4.69) is 61.8 Å². The molecule has 5 nitrogen and oxygen atoms in total. The van der Waals surface area contributed by atoms with Crippen molar-refractivity contribution in [1.29, 1.82) is 0 Å². The third-order valence-electron chi connectivity index (χ3n) is 6.75. The molecule has 3 saturated heterocycles. The predicted molar refractivity (Wildman–Crippen MR) is 110 cm³/mol. The average molecular weight is 372 g/mol. The maximum absolute atomic E-state index is 6.38. The molecule has 1 atom stereocenters. The van der Waals surface area contributed by atoms with E-state index in [1.165, 1.54) is 5.69 Å². The van der Waals surface area contributed by atoms with Crippen LogP contribution in [0.5, 0.6) is 0 Å². The van der Waals surface area contributed by atoms with Crippen LogP contribution in [0, 0.1) is 0 Å². The number of ether oxygens (including phenoxy) is 1. The molecule has 3 heterocycles. The molecule has 0 radical (unpaired) electrons. The molecule has 1 aromatic rings. The minimum Gasteiger partial charge on any atom is -0.399 e. The van der Waals surface area contributed by atoms with Gasteiger partial charge in [0.2, 0.25) is 0 Å². The predicted octanol–water partition coefficient (Wildman–Crippen LogP) is 2.29. The Labute approximate surface area is 164 Å². The smallest absolute Gasteiger partial charge is 0.399 e. The van der Waals surface area contributed by atoms with Crippen molar-refractivity contribution < 1.29 is 14.0 Å². The van der Waals surface area contributed by atoms with Crippen LogP contribution < -0.4 is 10.4 Å². The zero-order valence-corrected chi connectivity index (χ0v) is 17.2. The van der Waals surface area contributed by atoms with Crippen LogP contribution in [0.25, 0.3) is 0 Å². The van der Waals surface area contributed by atoms with E-state index in [0.717, 1.165) is 57.7 Å². The lowest BCUT2D eigenvalue weighted by Crippen LogP contribution is -2.56. The Bertz CT molecular complexity index is 641. The zero-order valence-electron chi connectivity index (χ0n) is 17.2. The summed E-state index contributed by atoms with van der Waals surface area (Å²) in [5.41, 5.74) is 1.87. The Hall–Kier alpha value is -1.08. The molecule has 6 heteroatoms. The van der Waals surface area contributed by atoms with Crippen molar-refractivity contribution in [3.05, 3.63) is 24.3 Å². The highest BCUT2D eigenvalue weighted by atomic mass is 16.7. The van der Waals surface area contributed by atoms with E-state index < -0.39 is 0 Å². The van der Waals surface area contributed by atoms with Crippen LogP contribution in [0.4, 0.5) is 5.69 Å². The van der Waals surface area contributed by atoms with Crippen molar-refractivity contribution in [3.8, 4) is 0 Å². The summed E-state index contributed by atoms with van der Waals surface area (Å²) in [6.07, 6.45) is 2.10. The van der Waals surface area contributed by atoms with Crippen LogP contribution in [0.1, 0.15) is 40.5 Å². The molecule has 27 heavy (non-hydrogen) atoms. The monoisotopic (exact) mass is 372 g/mol. The minimum atomic E-state index is -0.284. The number of rotatable bonds is 5. The van der Waals surface area contributed by atoms with Crippen molar-refractivity contribution in [3.63, 3.8) is 0 Å². The number of hydrogen-bond acceptors (Lipinski definition) is 5. The van der Waals surface area contributed by atoms with Gasteiger partial charge in [0, 0.05) is 31.9 Å². The van der Waals surface area contributed by atoms with E-state index in [1.807, 2.05) is 0 Å². The first-order valence-corrected chi connectivity index (χ1v) is 10.4. The molecule has 4 rings (SSSR count). The van der Waals surface area contributed by atoms with Crippen LogP contribution in [-0.2, 0) is 14.0 Å². The summed E-state index contributed by atoms with van der Waals surface area (Å²) in [6.45, 7) is 14.9. The molecule has 3 fully saturated rings. The maximum Gasteiger partial charge on any atom is 0.494 e. The molecule has 0 saturated carbocycles. The Balaban J connectivity index is 1.38. The van der Waals surface area contributed by atoms with Gasteiger partial charge in [0.1, 0.15) is 0 Å². The third kappa shape index (κ3) is 3.65. The standard InChI is InChI=1S/C21H33BN2O3/c1-5-10-21(4)20(2,3)26-22(27-21)17-6-8-18(9-7-17)23-11-13-24(14-12-23)19-15-25-16-19/h6-9,19H,5,10-16H2,1-4H3. The van der Waals surface area contributed by atoms with Gasteiger partial charge in [0.05, 0.1) is 30.5 Å². The maximum atomic E-state index is 6.38. The second kappa shape index (κ2) is 7.39. The van der Waals surface area contributed by atoms with Gasteiger partial charge >= 0.3 is 7.12 Å². The molecule has 148 valence electrons. The molecular weight excluding hydrogens is 339 g/mol. The molecule has 0 spiro atoms. The summed E-state index contributed by atoms with van der Waals surface area (Å²) in [5, 5.41) is 0. The molecule has 0 bridgehead atoms. The van der Waals surface area contributed by atoms with Gasteiger partial charge < -0.3 is 18.9 Å². The molecule has 0 aromatic heterocycles. The molecular formula is C21H33BN2O3. The SMILES string of the molecule is CCCC1(C)OB(c2ccc(N3CCN(C4COC4)CC3)cc2)OC1(C)C. The normalized spacial score (nSPS) is 29.2. The van der Waals surface area contributed by atoms with Crippen LogP contribution in [-0.4, -0.2) is 68.7 Å². The first-order chi connectivity index (χ1) is 12.9. The van der Waals surface area contributed by atoms with E-state index in [4.69, 9.17) is 14.0 Å². The quantitative estimate of drug-likeness (QED) is 0.741. The summed E-state index contributed by atoms with van der Waals surface area (Å²) in [4.78, 5) is 5.03. The van der Waals surface area contributed by atoms with Gasteiger partial charge in [-0.05, 0) is 44.8 Å². The summed E-state index contributed by atoms with van der Waals surface area (Å²) < 4.78 is 18.0. The van der Waals surface area contributed by atoms with E-state index in [0.29, 0.717) is 6.04 Å². The summed E-state index contributed by atoms with van der Waals surface area (Å²) in [7, 11) is -0.277. The molecule has 3 aliphatic rings. The Morgan fingerprint density at radius 1 is 1.00 bits per heavy atom. The molecule has 3 aliphatic heterocycles. The third-order valence-corrected chi connectivity index (χ3v) is 6.75. The number of benzene rings is 1. The van der Waals surface area contributed by atoms with E-state index in [1.54, 1.807) is 0 Å². The van der Waals surface area contributed by atoms with Crippen LogP contribution >= 0.6 is 0 Å².